The maximum Gasteiger partial charge on any atom is 0.220 e. The van der Waals surface area contributed by atoms with Gasteiger partial charge in [-0.3, -0.25) is 4.79 Å². The molecule has 0 fully saturated rings. The van der Waals surface area contributed by atoms with Gasteiger partial charge in [0.1, 0.15) is 11.6 Å². The fraction of sp³-hybridized carbons (Fsp3) is 0.474. The van der Waals surface area contributed by atoms with Crippen LogP contribution in [0, 0.1) is 6.92 Å². The van der Waals surface area contributed by atoms with Crippen LogP contribution < -0.4 is 5.32 Å². The quantitative estimate of drug-likeness (QED) is 0.750. The molecule has 3 heterocycles. The standard InChI is InChI=1S/C19H23N5OS/c1-13-22-23-17-10-9-14(11-12-24(13)17)20-18(25)7-4-8-19-21-15-5-2-3-6-16(15)26-19/h2-3,5-6,14H,4,7-12H2,1H3,(H,20,25). The number of rotatable bonds is 5. The average molecular weight is 369 g/mol. The molecule has 0 spiro atoms. The minimum absolute atomic E-state index is 0.144. The van der Waals surface area contributed by atoms with Crippen molar-refractivity contribution in [2.24, 2.45) is 0 Å². The van der Waals surface area contributed by atoms with Crippen molar-refractivity contribution >= 4 is 27.5 Å². The van der Waals surface area contributed by atoms with E-state index in [1.165, 1.54) is 4.70 Å². The second-order valence-electron chi connectivity index (χ2n) is 6.84. The van der Waals surface area contributed by atoms with E-state index in [4.69, 9.17) is 0 Å². The van der Waals surface area contributed by atoms with Crippen LogP contribution in [0.3, 0.4) is 0 Å². The molecule has 6 nitrogen and oxygen atoms in total. The number of nitrogens with one attached hydrogen (secondary N) is 1. The van der Waals surface area contributed by atoms with Crippen LogP contribution in [-0.4, -0.2) is 31.7 Å². The number of thiazole rings is 1. The van der Waals surface area contributed by atoms with Gasteiger partial charge in [-0.1, -0.05) is 12.1 Å². The van der Waals surface area contributed by atoms with Gasteiger partial charge in [0.15, 0.2) is 0 Å². The van der Waals surface area contributed by atoms with Crippen molar-refractivity contribution in [1.29, 1.82) is 0 Å². The monoisotopic (exact) mass is 369 g/mol. The molecule has 0 bridgehead atoms. The Hall–Kier alpha value is -2.28. The Morgan fingerprint density at radius 3 is 3.08 bits per heavy atom. The van der Waals surface area contributed by atoms with Crippen LogP contribution in [0.25, 0.3) is 10.2 Å². The van der Waals surface area contributed by atoms with Gasteiger partial charge in [0.05, 0.1) is 15.2 Å². The normalized spacial score (nSPS) is 17.0. The molecule has 1 N–H and O–H groups in total. The topological polar surface area (TPSA) is 72.7 Å². The lowest BCUT2D eigenvalue weighted by atomic mass is 10.1. The third-order valence-electron chi connectivity index (χ3n) is 4.93. The maximum absolute atomic E-state index is 12.3. The molecule has 1 aliphatic heterocycles. The lowest BCUT2D eigenvalue weighted by Crippen LogP contribution is -2.35. The highest BCUT2D eigenvalue weighted by Crippen LogP contribution is 2.22. The number of benzene rings is 1. The third kappa shape index (κ3) is 3.77. The van der Waals surface area contributed by atoms with E-state index in [2.05, 4.69) is 31.1 Å². The number of aryl methyl sites for hydroxylation is 3. The summed E-state index contributed by atoms with van der Waals surface area (Å²) in [6.07, 6.45) is 4.99. The third-order valence-corrected chi connectivity index (χ3v) is 6.02. The Morgan fingerprint density at radius 1 is 1.31 bits per heavy atom. The zero-order chi connectivity index (χ0) is 17.9. The van der Waals surface area contributed by atoms with Crippen molar-refractivity contribution in [3.8, 4) is 0 Å². The highest BCUT2D eigenvalue weighted by atomic mass is 32.1. The molecule has 1 unspecified atom stereocenters. The molecule has 1 amide bonds. The molecule has 26 heavy (non-hydrogen) atoms. The van der Waals surface area contributed by atoms with Crippen LogP contribution in [0.1, 0.15) is 42.3 Å². The number of para-hydroxylation sites is 1. The van der Waals surface area contributed by atoms with Crippen molar-refractivity contribution in [2.45, 2.75) is 58.0 Å². The van der Waals surface area contributed by atoms with E-state index in [0.717, 1.165) is 60.8 Å². The van der Waals surface area contributed by atoms with Gasteiger partial charge in [-0.05, 0) is 44.7 Å². The number of nitrogens with zero attached hydrogens (tertiary/aromatic N) is 4. The van der Waals surface area contributed by atoms with Crippen LogP contribution in [-0.2, 0) is 24.2 Å². The molecule has 136 valence electrons. The van der Waals surface area contributed by atoms with Gasteiger partial charge >= 0.3 is 0 Å². The van der Waals surface area contributed by atoms with Gasteiger partial charge in [-0.15, -0.1) is 21.5 Å². The molecule has 7 heteroatoms. The summed E-state index contributed by atoms with van der Waals surface area (Å²) >= 11 is 1.72. The zero-order valence-corrected chi connectivity index (χ0v) is 15.8. The fourth-order valence-electron chi connectivity index (χ4n) is 3.50. The van der Waals surface area contributed by atoms with E-state index in [1.807, 2.05) is 25.1 Å². The SMILES string of the molecule is Cc1nnc2n1CCC(NC(=O)CCCc1nc3ccccc3s1)CC2. The summed E-state index contributed by atoms with van der Waals surface area (Å²) in [4.78, 5) is 16.9. The summed E-state index contributed by atoms with van der Waals surface area (Å²) in [5.74, 6) is 2.14. The predicted molar refractivity (Wildman–Crippen MR) is 102 cm³/mol. The maximum atomic E-state index is 12.3. The molecular weight excluding hydrogens is 346 g/mol. The van der Waals surface area contributed by atoms with E-state index >= 15 is 0 Å². The Morgan fingerprint density at radius 2 is 2.19 bits per heavy atom. The fourth-order valence-corrected chi connectivity index (χ4v) is 4.51. The van der Waals surface area contributed by atoms with Gasteiger partial charge in [-0.25, -0.2) is 4.98 Å². The minimum Gasteiger partial charge on any atom is -0.353 e. The first-order valence-corrected chi connectivity index (χ1v) is 10.0. The van der Waals surface area contributed by atoms with Crippen LogP contribution in [0.15, 0.2) is 24.3 Å². The van der Waals surface area contributed by atoms with E-state index in [0.29, 0.717) is 6.42 Å². The molecule has 1 aromatic carbocycles. The number of fused-ring (bicyclic) bond motifs is 2. The Bertz CT molecular complexity index is 883. The highest BCUT2D eigenvalue weighted by Gasteiger charge is 2.20. The highest BCUT2D eigenvalue weighted by molar-refractivity contribution is 7.18. The summed E-state index contributed by atoms with van der Waals surface area (Å²) in [5, 5.41) is 12.7. The Labute approximate surface area is 156 Å². The molecule has 0 saturated carbocycles. The first kappa shape index (κ1) is 17.1. The molecule has 0 aliphatic carbocycles. The summed E-state index contributed by atoms with van der Waals surface area (Å²) in [7, 11) is 0. The molecule has 0 radical (unpaired) electrons. The number of hydrogen-bond acceptors (Lipinski definition) is 5. The largest absolute Gasteiger partial charge is 0.353 e. The first-order valence-electron chi connectivity index (χ1n) is 9.21. The van der Waals surface area contributed by atoms with Gasteiger partial charge in [-0.2, -0.15) is 0 Å². The van der Waals surface area contributed by atoms with Crippen molar-refractivity contribution in [3.63, 3.8) is 0 Å². The molecule has 1 atom stereocenters. The number of amides is 1. The predicted octanol–water partition coefficient (Wildman–Crippen LogP) is 3.04. The van der Waals surface area contributed by atoms with Gasteiger partial charge < -0.3 is 9.88 Å². The molecule has 4 rings (SSSR count). The summed E-state index contributed by atoms with van der Waals surface area (Å²) < 4.78 is 3.38. The first-order chi connectivity index (χ1) is 12.7. The zero-order valence-electron chi connectivity index (χ0n) is 14.9. The van der Waals surface area contributed by atoms with Crippen LogP contribution in [0.5, 0.6) is 0 Å². The van der Waals surface area contributed by atoms with E-state index < -0.39 is 0 Å². The molecule has 1 aliphatic rings. The van der Waals surface area contributed by atoms with Crippen LogP contribution in [0.4, 0.5) is 0 Å². The lowest BCUT2D eigenvalue weighted by Gasteiger charge is -2.16. The van der Waals surface area contributed by atoms with Crippen molar-refractivity contribution in [2.75, 3.05) is 0 Å². The van der Waals surface area contributed by atoms with Gasteiger partial charge in [0.25, 0.3) is 0 Å². The number of aromatic nitrogens is 4. The van der Waals surface area contributed by atoms with Crippen molar-refractivity contribution < 1.29 is 4.79 Å². The second kappa shape index (κ2) is 7.53. The summed E-state index contributed by atoms with van der Waals surface area (Å²) in [6.45, 7) is 2.86. The number of carbonyl (C=O) groups is 1. The van der Waals surface area contributed by atoms with E-state index in [-0.39, 0.29) is 11.9 Å². The smallest absolute Gasteiger partial charge is 0.220 e. The van der Waals surface area contributed by atoms with Crippen LogP contribution in [0.2, 0.25) is 0 Å². The van der Waals surface area contributed by atoms with Crippen LogP contribution >= 0.6 is 11.3 Å². The van der Waals surface area contributed by atoms with Crippen molar-refractivity contribution in [3.05, 3.63) is 40.9 Å². The van der Waals surface area contributed by atoms with E-state index in [1.54, 1.807) is 11.3 Å². The second-order valence-corrected chi connectivity index (χ2v) is 7.95. The summed E-state index contributed by atoms with van der Waals surface area (Å²) in [5.41, 5.74) is 1.05. The minimum atomic E-state index is 0.144. The summed E-state index contributed by atoms with van der Waals surface area (Å²) in [6, 6.07) is 8.41. The lowest BCUT2D eigenvalue weighted by molar-refractivity contribution is -0.122. The van der Waals surface area contributed by atoms with Gasteiger partial charge in [0, 0.05) is 25.4 Å². The Balaban J connectivity index is 1.24. The number of hydrogen-bond donors (Lipinski definition) is 1. The average Bonchev–Trinajstić information content (AvgIpc) is 3.13. The molecule has 3 aromatic rings. The van der Waals surface area contributed by atoms with Crippen molar-refractivity contribution in [1.82, 2.24) is 25.1 Å². The Kier molecular flexibility index (Phi) is 4.97. The molecular formula is C19H23N5OS. The van der Waals surface area contributed by atoms with E-state index in [9.17, 15) is 4.79 Å². The molecule has 0 saturated heterocycles. The molecule has 2 aromatic heterocycles. The number of carbonyl (C=O) groups excluding carboxylic acids is 1. The van der Waals surface area contributed by atoms with Gasteiger partial charge in [0.2, 0.25) is 5.91 Å².